The van der Waals surface area contributed by atoms with Gasteiger partial charge in [0, 0.05) is 48.7 Å². The Hall–Kier alpha value is -4.40. The van der Waals surface area contributed by atoms with Gasteiger partial charge in [0.2, 0.25) is 5.91 Å². The Morgan fingerprint density at radius 2 is 1.81 bits per heavy atom. The second kappa shape index (κ2) is 9.93. The van der Waals surface area contributed by atoms with Crippen molar-refractivity contribution in [3.8, 4) is 11.5 Å². The van der Waals surface area contributed by atoms with Crippen LogP contribution in [-0.4, -0.2) is 44.3 Å². The predicted octanol–water partition coefficient (Wildman–Crippen LogP) is 4.09. The van der Waals surface area contributed by atoms with Gasteiger partial charge in [0.05, 0.1) is 19.7 Å². The van der Waals surface area contributed by atoms with Crippen LogP contribution in [0.2, 0.25) is 0 Å². The lowest BCUT2D eigenvalue weighted by Crippen LogP contribution is -2.31. The minimum absolute atomic E-state index is 0.0979. The fourth-order valence-corrected chi connectivity index (χ4v) is 4.76. The van der Waals surface area contributed by atoms with Crippen molar-refractivity contribution in [1.29, 1.82) is 0 Å². The van der Waals surface area contributed by atoms with E-state index < -0.39 is 6.04 Å². The summed E-state index contributed by atoms with van der Waals surface area (Å²) in [5, 5.41) is 8.92. The van der Waals surface area contributed by atoms with Gasteiger partial charge in [-0.05, 0) is 55.7 Å². The number of fused-ring (bicyclic) bond motifs is 3. The summed E-state index contributed by atoms with van der Waals surface area (Å²) in [6, 6.07) is 13.1. The third-order valence-electron chi connectivity index (χ3n) is 6.75. The summed E-state index contributed by atoms with van der Waals surface area (Å²) >= 11 is 0. The molecule has 0 aliphatic carbocycles. The quantitative estimate of drug-likeness (QED) is 0.346. The number of methoxy groups -OCH3 is 2. The average Bonchev–Trinajstić information content (AvgIpc) is 3.50. The van der Waals surface area contributed by atoms with Gasteiger partial charge in [0.25, 0.3) is 0 Å². The summed E-state index contributed by atoms with van der Waals surface area (Å²) in [5.41, 5.74) is 5.47. The number of nitrogens with one attached hydrogen (secondary N) is 1. The van der Waals surface area contributed by atoms with Crippen LogP contribution in [-0.2, 0) is 18.3 Å². The van der Waals surface area contributed by atoms with E-state index in [1.807, 2.05) is 72.6 Å². The summed E-state index contributed by atoms with van der Waals surface area (Å²) in [7, 11) is 5.11. The van der Waals surface area contributed by atoms with Gasteiger partial charge in [-0.15, -0.1) is 0 Å². The van der Waals surface area contributed by atoms with Gasteiger partial charge in [-0.3, -0.25) is 4.79 Å². The molecule has 5 aromatic rings. The van der Waals surface area contributed by atoms with Crippen LogP contribution in [0.3, 0.4) is 0 Å². The Balaban J connectivity index is 1.42. The summed E-state index contributed by atoms with van der Waals surface area (Å²) < 4.78 is 14.7. The standard InChI is InChI=1S/C28H30N6O3/c1-17-22(18(2)34-27(30-17)23-8-6-7-9-24(23)32-34)10-11-25(35)31-26(28-29-12-13-33(28)3)19-14-20(36-4)16-21(15-19)37-5/h6-9,12-16,26H,10-11H2,1-5H3,(H,31,35). The lowest BCUT2D eigenvalue weighted by atomic mass is 10.0. The number of aromatic nitrogens is 5. The third-order valence-corrected chi connectivity index (χ3v) is 6.75. The van der Waals surface area contributed by atoms with Gasteiger partial charge in [-0.1, -0.05) is 12.1 Å². The Morgan fingerprint density at radius 1 is 1.08 bits per heavy atom. The summed E-state index contributed by atoms with van der Waals surface area (Å²) in [6.45, 7) is 4.02. The summed E-state index contributed by atoms with van der Waals surface area (Å²) in [4.78, 5) is 22.6. The lowest BCUT2D eigenvalue weighted by Gasteiger charge is -2.21. The van der Waals surface area contributed by atoms with E-state index in [0.717, 1.165) is 39.1 Å². The Morgan fingerprint density at radius 3 is 2.49 bits per heavy atom. The van der Waals surface area contributed by atoms with E-state index in [2.05, 4.69) is 10.3 Å². The maximum atomic E-state index is 13.3. The van der Waals surface area contributed by atoms with Crippen molar-refractivity contribution in [3.63, 3.8) is 0 Å². The fraction of sp³-hybridized carbons (Fsp3) is 0.286. The first-order valence-electron chi connectivity index (χ1n) is 12.1. The molecule has 37 heavy (non-hydrogen) atoms. The number of ether oxygens (including phenoxy) is 2. The molecule has 3 aromatic heterocycles. The van der Waals surface area contributed by atoms with Crippen molar-refractivity contribution in [2.24, 2.45) is 7.05 Å². The molecule has 190 valence electrons. The van der Waals surface area contributed by atoms with Crippen molar-refractivity contribution in [2.45, 2.75) is 32.7 Å². The van der Waals surface area contributed by atoms with Crippen molar-refractivity contribution >= 4 is 22.5 Å². The molecule has 1 unspecified atom stereocenters. The molecule has 0 saturated heterocycles. The van der Waals surface area contributed by atoms with E-state index in [1.165, 1.54) is 0 Å². The summed E-state index contributed by atoms with van der Waals surface area (Å²) in [5.74, 6) is 1.89. The lowest BCUT2D eigenvalue weighted by molar-refractivity contribution is -0.121. The highest BCUT2D eigenvalue weighted by Crippen LogP contribution is 2.30. The molecule has 0 fully saturated rings. The number of hydrogen-bond donors (Lipinski definition) is 1. The van der Waals surface area contributed by atoms with E-state index in [1.54, 1.807) is 26.5 Å². The normalized spacial score (nSPS) is 12.1. The monoisotopic (exact) mass is 498 g/mol. The molecule has 1 N–H and O–H groups in total. The molecule has 2 aromatic carbocycles. The Bertz CT molecular complexity index is 1580. The van der Waals surface area contributed by atoms with E-state index in [-0.39, 0.29) is 12.3 Å². The zero-order valence-corrected chi connectivity index (χ0v) is 21.6. The summed E-state index contributed by atoms with van der Waals surface area (Å²) in [6.07, 6.45) is 4.40. The molecule has 0 bridgehead atoms. The highest BCUT2D eigenvalue weighted by molar-refractivity contribution is 5.92. The molecule has 0 aliphatic rings. The van der Waals surface area contributed by atoms with Gasteiger partial charge in [0.15, 0.2) is 5.65 Å². The maximum absolute atomic E-state index is 13.3. The second-order valence-electron chi connectivity index (χ2n) is 9.06. The molecule has 5 rings (SSSR count). The van der Waals surface area contributed by atoms with Gasteiger partial charge < -0.3 is 19.4 Å². The van der Waals surface area contributed by atoms with Crippen molar-refractivity contribution in [3.05, 3.63) is 83.2 Å². The van der Waals surface area contributed by atoms with Gasteiger partial charge in [-0.25, -0.2) is 14.5 Å². The highest BCUT2D eigenvalue weighted by Gasteiger charge is 2.23. The van der Waals surface area contributed by atoms with E-state index in [4.69, 9.17) is 19.6 Å². The van der Waals surface area contributed by atoms with E-state index in [0.29, 0.717) is 23.7 Å². The molecule has 9 heteroatoms. The maximum Gasteiger partial charge on any atom is 0.221 e. The largest absolute Gasteiger partial charge is 0.497 e. The van der Waals surface area contributed by atoms with E-state index in [9.17, 15) is 4.79 Å². The minimum atomic E-state index is -0.476. The molecule has 1 atom stereocenters. The number of rotatable bonds is 8. The first-order valence-corrected chi connectivity index (χ1v) is 12.1. The van der Waals surface area contributed by atoms with Crippen LogP contribution < -0.4 is 14.8 Å². The molecule has 1 amide bonds. The number of nitrogens with zero attached hydrogens (tertiary/aromatic N) is 5. The molecule has 0 saturated carbocycles. The van der Waals surface area contributed by atoms with Crippen LogP contribution in [0.5, 0.6) is 11.5 Å². The first kappa shape index (κ1) is 24.3. The third kappa shape index (κ3) is 4.60. The second-order valence-corrected chi connectivity index (χ2v) is 9.06. The number of aryl methyl sites for hydroxylation is 3. The van der Waals surface area contributed by atoms with Crippen LogP contribution >= 0.6 is 0 Å². The molecule has 9 nitrogen and oxygen atoms in total. The number of hydrogen-bond acceptors (Lipinski definition) is 6. The average molecular weight is 499 g/mol. The number of carbonyl (C=O) groups excluding carboxylic acids is 1. The van der Waals surface area contributed by atoms with E-state index >= 15 is 0 Å². The molecule has 0 aliphatic heterocycles. The minimum Gasteiger partial charge on any atom is -0.497 e. The highest BCUT2D eigenvalue weighted by atomic mass is 16.5. The Kier molecular flexibility index (Phi) is 6.52. The van der Waals surface area contributed by atoms with Gasteiger partial charge in [0.1, 0.15) is 23.4 Å². The zero-order chi connectivity index (χ0) is 26.1. The van der Waals surface area contributed by atoms with Crippen LogP contribution in [0.4, 0.5) is 0 Å². The Labute approximate surface area is 215 Å². The smallest absolute Gasteiger partial charge is 0.221 e. The van der Waals surface area contributed by atoms with Crippen LogP contribution in [0.25, 0.3) is 16.6 Å². The first-order chi connectivity index (χ1) is 17.9. The number of benzene rings is 2. The van der Waals surface area contributed by atoms with Crippen LogP contribution in [0, 0.1) is 13.8 Å². The van der Waals surface area contributed by atoms with Gasteiger partial charge in [-0.2, -0.15) is 5.10 Å². The van der Waals surface area contributed by atoms with Crippen LogP contribution in [0.1, 0.15) is 40.8 Å². The molecular formula is C28H30N6O3. The molecule has 3 heterocycles. The molecule has 0 spiro atoms. The number of carbonyl (C=O) groups is 1. The zero-order valence-electron chi connectivity index (χ0n) is 21.6. The van der Waals surface area contributed by atoms with Gasteiger partial charge >= 0.3 is 0 Å². The van der Waals surface area contributed by atoms with Crippen molar-refractivity contribution in [1.82, 2.24) is 29.5 Å². The number of amides is 1. The van der Waals surface area contributed by atoms with Crippen LogP contribution in [0.15, 0.2) is 54.9 Å². The number of imidazole rings is 1. The topological polar surface area (TPSA) is 95.6 Å². The molecular weight excluding hydrogens is 468 g/mol. The SMILES string of the molecule is COc1cc(OC)cc(C(NC(=O)CCc2c(C)nc3c4ccccc4nn3c2C)c2nccn2C)c1. The predicted molar refractivity (Wildman–Crippen MR) is 141 cm³/mol. The van der Waals surface area contributed by atoms with Crippen molar-refractivity contribution < 1.29 is 14.3 Å². The molecule has 0 radical (unpaired) electrons. The van der Waals surface area contributed by atoms with Crippen molar-refractivity contribution in [2.75, 3.05) is 14.2 Å². The fourth-order valence-electron chi connectivity index (χ4n) is 4.76.